The summed E-state index contributed by atoms with van der Waals surface area (Å²) in [6.45, 7) is 0. The topological polar surface area (TPSA) is 78.9 Å². The van der Waals surface area contributed by atoms with Gasteiger partial charge in [0.25, 0.3) is 0 Å². The molecule has 20 heavy (non-hydrogen) atoms. The standard InChI is InChI=1S/C15H19N3OS/c16-8-12-11-5-2-6-13(11)20-15(12)18-14(19)9-3-1-4-10(17)7-9/h9-10H,1-7,17H2,(H,18,19). The van der Waals surface area contributed by atoms with Gasteiger partial charge in [-0.05, 0) is 44.1 Å². The molecule has 1 amide bonds. The lowest BCUT2D eigenvalue weighted by molar-refractivity contribution is -0.120. The van der Waals surface area contributed by atoms with Crippen molar-refractivity contribution in [1.82, 2.24) is 0 Å². The molecule has 106 valence electrons. The number of aryl methyl sites for hydroxylation is 1. The quantitative estimate of drug-likeness (QED) is 0.878. The van der Waals surface area contributed by atoms with E-state index in [0.29, 0.717) is 5.56 Å². The summed E-state index contributed by atoms with van der Waals surface area (Å²) in [6.07, 6.45) is 6.84. The highest BCUT2D eigenvalue weighted by Gasteiger charge is 2.28. The number of hydrogen-bond acceptors (Lipinski definition) is 4. The Morgan fingerprint density at radius 3 is 2.95 bits per heavy atom. The summed E-state index contributed by atoms with van der Waals surface area (Å²) in [5.41, 5.74) is 7.79. The number of nitrogens with zero attached hydrogens (tertiary/aromatic N) is 1. The fourth-order valence-electron chi connectivity index (χ4n) is 3.29. The van der Waals surface area contributed by atoms with E-state index in [9.17, 15) is 10.1 Å². The molecule has 2 atom stereocenters. The van der Waals surface area contributed by atoms with Gasteiger partial charge in [0.1, 0.15) is 11.1 Å². The number of fused-ring (bicyclic) bond motifs is 1. The Kier molecular flexibility index (Phi) is 3.77. The molecule has 3 rings (SSSR count). The number of nitriles is 1. The number of rotatable bonds is 2. The summed E-state index contributed by atoms with van der Waals surface area (Å²) < 4.78 is 0. The first-order valence-electron chi connectivity index (χ1n) is 7.30. The Labute approximate surface area is 123 Å². The van der Waals surface area contributed by atoms with E-state index in [2.05, 4.69) is 11.4 Å². The zero-order valence-electron chi connectivity index (χ0n) is 11.4. The van der Waals surface area contributed by atoms with E-state index in [4.69, 9.17) is 5.73 Å². The van der Waals surface area contributed by atoms with E-state index in [1.165, 1.54) is 4.88 Å². The smallest absolute Gasteiger partial charge is 0.228 e. The van der Waals surface area contributed by atoms with Crippen molar-refractivity contribution in [2.24, 2.45) is 11.7 Å². The Morgan fingerprint density at radius 2 is 2.20 bits per heavy atom. The van der Waals surface area contributed by atoms with Crippen molar-refractivity contribution in [3.8, 4) is 6.07 Å². The molecule has 2 aliphatic rings. The summed E-state index contributed by atoms with van der Waals surface area (Å²) in [5.74, 6) is 0.0406. The van der Waals surface area contributed by atoms with E-state index in [1.54, 1.807) is 11.3 Å². The number of amides is 1. The van der Waals surface area contributed by atoms with Crippen molar-refractivity contribution in [3.05, 3.63) is 16.0 Å². The fourth-order valence-corrected chi connectivity index (χ4v) is 4.53. The highest BCUT2D eigenvalue weighted by molar-refractivity contribution is 7.16. The number of nitrogens with two attached hydrogens (primary N) is 1. The van der Waals surface area contributed by atoms with Crippen LogP contribution in [0.15, 0.2) is 0 Å². The van der Waals surface area contributed by atoms with Gasteiger partial charge in [0.05, 0.1) is 5.56 Å². The maximum Gasteiger partial charge on any atom is 0.228 e. The molecule has 3 N–H and O–H groups in total. The maximum absolute atomic E-state index is 12.3. The molecule has 0 radical (unpaired) electrons. The van der Waals surface area contributed by atoms with Gasteiger partial charge < -0.3 is 11.1 Å². The van der Waals surface area contributed by atoms with Crippen molar-refractivity contribution < 1.29 is 4.79 Å². The summed E-state index contributed by atoms with van der Waals surface area (Å²) >= 11 is 1.58. The minimum Gasteiger partial charge on any atom is -0.328 e. The van der Waals surface area contributed by atoms with Crippen LogP contribution >= 0.6 is 11.3 Å². The van der Waals surface area contributed by atoms with Crippen LogP contribution < -0.4 is 11.1 Å². The van der Waals surface area contributed by atoms with Crippen LogP contribution in [0.25, 0.3) is 0 Å². The average molecular weight is 289 g/mol. The molecule has 5 heteroatoms. The number of nitrogens with one attached hydrogen (secondary N) is 1. The first kappa shape index (κ1) is 13.6. The van der Waals surface area contributed by atoms with Gasteiger partial charge in [0, 0.05) is 16.8 Å². The lowest BCUT2D eigenvalue weighted by Gasteiger charge is -2.25. The van der Waals surface area contributed by atoms with Gasteiger partial charge in [-0.15, -0.1) is 11.3 Å². The van der Waals surface area contributed by atoms with Gasteiger partial charge >= 0.3 is 0 Å². The molecule has 4 nitrogen and oxygen atoms in total. The number of thiophene rings is 1. The summed E-state index contributed by atoms with van der Waals surface area (Å²) in [4.78, 5) is 13.6. The number of anilines is 1. The zero-order valence-corrected chi connectivity index (χ0v) is 12.3. The van der Waals surface area contributed by atoms with Crippen LogP contribution in [-0.2, 0) is 17.6 Å². The van der Waals surface area contributed by atoms with Gasteiger partial charge in [-0.2, -0.15) is 5.26 Å². The van der Waals surface area contributed by atoms with Gasteiger partial charge in [-0.25, -0.2) is 0 Å². The second-order valence-corrected chi connectivity index (χ2v) is 6.89. The molecule has 1 saturated carbocycles. The first-order chi connectivity index (χ1) is 9.69. The minimum atomic E-state index is 0.00207. The van der Waals surface area contributed by atoms with Crippen molar-refractivity contribution in [3.63, 3.8) is 0 Å². The molecular formula is C15H19N3OS. The van der Waals surface area contributed by atoms with E-state index >= 15 is 0 Å². The summed E-state index contributed by atoms with van der Waals surface area (Å²) in [6, 6.07) is 2.41. The van der Waals surface area contributed by atoms with Gasteiger partial charge in [0.15, 0.2) is 0 Å². The number of carbonyl (C=O) groups is 1. The number of hydrogen-bond donors (Lipinski definition) is 2. The third kappa shape index (κ3) is 2.46. The Hall–Kier alpha value is -1.38. The van der Waals surface area contributed by atoms with Crippen LogP contribution in [0.3, 0.4) is 0 Å². The van der Waals surface area contributed by atoms with E-state index in [-0.39, 0.29) is 17.9 Å². The third-order valence-electron chi connectivity index (χ3n) is 4.36. The molecule has 0 aromatic carbocycles. The van der Waals surface area contributed by atoms with E-state index in [1.807, 2.05) is 0 Å². The van der Waals surface area contributed by atoms with Crippen molar-refractivity contribution in [2.45, 2.75) is 51.0 Å². The monoisotopic (exact) mass is 289 g/mol. The first-order valence-corrected chi connectivity index (χ1v) is 8.11. The molecule has 0 spiro atoms. The van der Waals surface area contributed by atoms with Crippen molar-refractivity contribution in [1.29, 1.82) is 5.26 Å². The van der Waals surface area contributed by atoms with Gasteiger partial charge in [-0.1, -0.05) is 6.42 Å². The average Bonchev–Trinajstić information content (AvgIpc) is 2.98. The molecule has 1 aromatic heterocycles. The SMILES string of the molecule is N#Cc1c(NC(=O)C2CCCC(N)C2)sc2c1CCC2. The van der Waals surface area contributed by atoms with Crippen LogP contribution in [0.4, 0.5) is 5.00 Å². The van der Waals surface area contributed by atoms with Gasteiger partial charge in [0.2, 0.25) is 5.91 Å². The fraction of sp³-hybridized carbons (Fsp3) is 0.600. The molecule has 1 fully saturated rings. The molecule has 1 aromatic rings. The van der Waals surface area contributed by atoms with Crippen molar-refractivity contribution >= 4 is 22.2 Å². The minimum absolute atomic E-state index is 0.00207. The highest BCUT2D eigenvalue weighted by Crippen LogP contribution is 2.39. The predicted octanol–water partition coefficient (Wildman–Crippen LogP) is 2.56. The predicted molar refractivity (Wildman–Crippen MR) is 79.6 cm³/mol. The molecule has 0 saturated heterocycles. The van der Waals surface area contributed by atoms with Crippen LogP contribution in [0.2, 0.25) is 0 Å². The molecule has 2 unspecified atom stereocenters. The van der Waals surface area contributed by atoms with Crippen LogP contribution in [0.1, 0.15) is 48.1 Å². The molecular weight excluding hydrogens is 270 g/mol. The van der Waals surface area contributed by atoms with E-state index < -0.39 is 0 Å². The lowest BCUT2D eigenvalue weighted by atomic mass is 9.85. The number of carbonyl (C=O) groups excluding carboxylic acids is 1. The van der Waals surface area contributed by atoms with Crippen molar-refractivity contribution in [2.75, 3.05) is 5.32 Å². The molecule has 1 heterocycles. The second kappa shape index (κ2) is 5.55. The lowest BCUT2D eigenvalue weighted by Crippen LogP contribution is -2.34. The second-order valence-electron chi connectivity index (χ2n) is 5.79. The van der Waals surface area contributed by atoms with Gasteiger partial charge in [-0.3, -0.25) is 4.79 Å². The largest absolute Gasteiger partial charge is 0.328 e. The summed E-state index contributed by atoms with van der Waals surface area (Å²) in [5, 5.41) is 13.1. The molecule has 0 aliphatic heterocycles. The normalized spacial score (nSPS) is 25.0. The molecule has 2 aliphatic carbocycles. The van der Waals surface area contributed by atoms with Crippen LogP contribution in [-0.4, -0.2) is 11.9 Å². The molecule has 0 bridgehead atoms. The maximum atomic E-state index is 12.3. The highest BCUT2D eigenvalue weighted by atomic mass is 32.1. The Morgan fingerprint density at radius 1 is 1.35 bits per heavy atom. The van der Waals surface area contributed by atoms with Crippen LogP contribution in [0.5, 0.6) is 0 Å². The Balaban J connectivity index is 1.75. The summed E-state index contributed by atoms with van der Waals surface area (Å²) in [7, 11) is 0. The Bertz CT molecular complexity index is 572. The van der Waals surface area contributed by atoms with E-state index in [0.717, 1.165) is 55.5 Å². The zero-order chi connectivity index (χ0) is 14.1. The van der Waals surface area contributed by atoms with Crippen LogP contribution in [0, 0.1) is 17.2 Å². The third-order valence-corrected chi connectivity index (χ3v) is 5.56.